The van der Waals surface area contributed by atoms with E-state index in [0.717, 1.165) is 10.5 Å². The van der Waals surface area contributed by atoms with Gasteiger partial charge in [-0.15, -0.1) is 0 Å². The van der Waals surface area contributed by atoms with Crippen molar-refractivity contribution in [3.63, 3.8) is 0 Å². The minimum absolute atomic E-state index is 0.204. The van der Waals surface area contributed by atoms with Crippen LogP contribution in [-0.2, 0) is 9.53 Å². The van der Waals surface area contributed by atoms with E-state index in [-0.39, 0.29) is 5.56 Å². The van der Waals surface area contributed by atoms with Gasteiger partial charge in [-0.05, 0) is 37.3 Å². The van der Waals surface area contributed by atoms with E-state index < -0.39 is 23.8 Å². The molecule has 0 aliphatic rings. The lowest BCUT2D eigenvalue weighted by Crippen LogP contribution is -2.30. The highest BCUT2D eigenvalue weighted by molar-refractivity contribution is 9.10. The van der Waals surface area contributed by atoms with Crippen molar-refractivity contribution in [3.8, 4) is 0 Å². The molecule has 2 rings (SSSR count). The van der Waals surface area contributed by atoms with Gasteiger partial charge in [0.15, 0.2) is 6.10 Å². The number of halogens is 2. The third-order valence-electron chi connectivity index (χ3n) is 2.84. The van der Waals surface area contributed by atoms with E-state index in [2.05, 4.69) is 21.2 Å². The number of rotatable bonds is 4. The van der Waals surface area contributed by atoms with Crippen molar-refractivity contribution in [2.24, 2.45) is 0 Å². The summed E-state index contributed by atoms with van der Waals surface area (Å²) < 4.78 is 19.3. The van der Waals surface area contributed by atoms with Crippen LogP contribution < -0.4 is 5.32 Å². The molecule has 0 saturated carbocycles. The van der Waals surface area contributed by atoms with E-state index in [0.29, 0.717) is 5.69 Å². The third-order valence-corrected chi connectivity index (χ3v) is 3.33. The molecule has 2 aromatic rings. The average Bonchev–Trinajstić information content (AvgIpc) is 2.47. The predicted molar refractivity (Wildman–Crippen MR) is 84.0 cm³/mol. The van der Waals surface area contributed by atoms with E-state index in [9.17, 15) is 14.0 Å². The van der Waals surface area contributed by atoms with Gasteiger partial charge in [0.25, 0.3) is 5.91 Å². The second-order valence-corrected chi connectivity index (χ2v) is 5.44. The zero-order valence-electron chi connectivity index (χ0n) is 11.7. The third kappa shape index (κ3) is 4.14. The van der Waals surface area contributed by atoms with Crippen molar-refractivity contribution in [2.75, 3.05) is 5.32 Å². The Morgan fingerprint density at radius 3 is 2.59 bits per heavy atom. The standard InChI is InChI=1S/C16H13BrFNO3/c1-10(15(20)19-12-6-4-5-11(17)9-12)22-16(21)13-7-2-3-8-14(13)18/h2-10H,1H3,(H,19,20)/t10-/m0/s1. The van der Waals surface area contributed by atoms with Crippen LogP contribution in [0.3, 0.4) is 0 Å². The fourth-order valence-corrected chi connectivity index (χ4v) is 2.11. The van der Waals surface area contributed by atoms with Gasteiger partial charge in [0, 0.05) is 10.2 Å². The Labute approximate surface area is 135 Å². The highest BCUT2D eigenvalue weighted by atomic mass is 79.9. The quantitative estimate of drug-likeness (QED) is 0.839. The molecule has 0 saturated heterocycles. The summed E-state index contributed by atoms with van der Waals surface area (Å²) in [6.45, 7) is 1.42. The lowest BCUT2D eigenvalue weighted by atomic mass is 10.2. The number of carbonyl (C=O) groups is 2. The first-order chi connectivity index (χ1) is 10.5. The second-order valence-electron chi connectivity index (χ2n) is 4.53. The summed E-state index contributed by atoms with van der Waals surface area (Å²) >= 11 is 3.29. The molecule has 6 heteroatoms. The van der Waals surface area contributed by atoms with Gasteiger partial charge in [0.05, 0.1) is 5.56 Å². The minimum atomic E-state index is -1.05. The van der Waals surface area contributed by atoms with Gasteiger partial charge < -0.3 is 10.1 Å². The van der Waals surface area contributed by atoms with Crippen LogP contribution >= 0.6 is 15.9 Å². The Hall–Kier alpha value is -2.21. The Balaban J connectivity index is 1.99. The number of nitrogens with one attached hydrogen (secondary N) is 1. The molecule has 4 nitrogen and oxygen atoms in total. The molecule has 1 amide bonds. The summed E-state index contributed by atoms with van der Waals surface area (Å²) in [7, 11) is 0. The van der Waals surface area contributed by atoms with Crippen LogP contribution in [0.4, 0.5) is 10.1 Å². The number of esters is 1. The number of hydrogen-bond acceptors (Lipinski definition) is 3. The van der Waals surface area contributed by atoms with Gasteiger partial charge in [-0.3, -0.25) is 4.79 Å². The first-order valence-electron chi connectivity index (χ1n) is 6.49. The number of hydrogen-bond donors (Lipinski definition) is 1. The fraction of sp³-hybridized carbons (Fsp3) is 0.125. The zero-order chi connectivity index (χ0) is 16.1. The molecule has 0 unspecified atom stereocenters. The molecule has 0 aromatic heterocycles. The maximum Gasteiger partial charge on any atom is 0.341 e. The SMILES string of the molecule is C[C@H](OC(=O)c1ccccc1F)C(=O)Nc1cccc(Br)c1. The molecule has 0 aliphatic carbocycles. The zero-order valence-corrected chi connectivity index (χ0v) is 13.3. The number of carbonyl (C=O) groups excluding carboxylic acids is 2. The maximum atomic E-state index is 13.5. The van der Waals surface area contributed by atoms with Crippen molar-refractivity contribution < 1.29 is 18.7 Å². The molecule has 0 heterocycles. The second kappa shape index (κ2) is 7.17. The van der Waals surface area contributed by atoms with Gasteiger partial charge in [0.1, 0.15) is 5.82 Å². The van der Waals surface area contributed by atoms with E-state index in [1.54, 1.807) is 18.2 Å². The van der Waals surface area contributed by atoms with Crippen molar-refractivity contribution >= 4 is 33.5 Å². The van der Waals surface area contributed by atoms with Crippen LogP contribution in [0.15, 0.2) is 53.0 Å². The molecular weight excluding hydrogens is 353 g/mol. The van der Waals surface area contributed by atoms with Crippen molar-refractivity contribution in [2.45, 2.75) is 13.0 Å². The van der Waals surface area contributed by atoms with E-state index in [1.165, 1.54) is 25.1 Å². The molecule has 0 spiro atoms. The number of benzene rings is 2. The normalized spacial score (nSPS) is 11.6. The molecule has 22 heavy (non-hydrogen) atoms. The predicted octanol–water partition coefficient (Wildman–Crippen LogP) is 3.77. The summed E-state index contributed by atoms with van der Waals surface area (Å²) in [4.78, 5) is 23.8. The van der Waals surface area contributed by atoms with Crippen LogP contribution in [0, 0.1) is 5.82 Å². The Kier molecular flexibility index (Phi) is 5.27. The number of ether oxygens (including phenoxy) is 1. The Morgan fingerprint density at radius 1 is 1.18 bits per heavy atom. The van der Waals surface area contributed by atoms with Gasteiger partial charge in [-0.1, -0.05) is 34.1 Å². The summed E-state index contributed by atoms with van der Waals surface area (Å²) in [6, 6.07) is 12.4. The highest BCUT2D eigenvalue weighted by Gasteiger charge is 2.20. The first kappa shape index (κ1) is 16.2. The summed E-state index contributed by atoms with van der Waals surface area (Å²) in [5.74, 6) is -2.06. The molecule has 0 aliphatic heterocycles. The van der Waals surface area contributed by atoms with Crippen LogP contribution in [0.1, 0.15) is 17.3 Å². The Morgan fingerprint density at radius 2 is 1.91 bits per heavy atom. The molecule has 0 fully saturated rings. The van der Waals surface area contributed by atoms with Crippen LogP contribution in [-0.4, -0.2) is 18.0 Å². The van der Waals surface area contributed by atoms with Gasteiger partial charge in [0.2, 0.25) is 0 Å². The molecule has 1 atom stereocenters. The maximum absolute atomic E-state index is 13.5. The Bertz CT molecular complexity index is 705. The number of amides is 1. The largest absolute Gasteiger partial charge is 0.449 e. The molecule has 0 radical (unpaired) electrons. The summed E-state index contributed by atoms with van der Waals surface area (Å²) in [6.07, 6.45) is -1.05. The van der Waals surface area contributed by atoms with E-state index in [4.69, 9.17) is 4.74 Å². The molecule has 0 bridgehead atoms. The molecule has 1 N–H and O–H groups in total. The van der Waals surface area contributed by atoms with Crippen molar-refractivity contribution in [1.29, 1.82) is 0 Å². The van der Waals surface area contributed by atoms with Crippen molar-refractivity contribution in [1.82, 2.24) is 0 Å². The van der Waals surface area contributed by atoms with Crippen LogP contribution in [0.5, 0.6) is 0 Å². The van der Waals surface area contributed by atoms with Crippen LogP contribution in [0.2, 0.25) is 0 Å². The minimum Gasteiger partial charge on any atom is -0.449 e. The average molecular weight is 366 g/mol. The van der Waals surface area contributed by atoms with Crippen molar-refractivity contribution in [3.05, 3.63) is 64.4 Å². The lowest BCUT2D eigenvalue weighted by Gasteiger charge is -2.14. The van der Waals surface area contributed by atoms with Gasteiger partial charge in [-0.25, -0.2) is 9.18 Å². The van der Waals surface area contributed by atoms with E-state index in [1.807, 2.05) is 6.07 Å². The molecule has 2 aromatic carbocycles. The highest BCUT2D eigenvalue weighted by Crippen LogP contribution is 2.16. The lowest BCUT2D eigenvalue weighted by molar-refractivity contribution is -0.123. The monoisotopic (exact) mass is 365 g/mol. The number of anilines is 1. The topological polar surface area (TPSA) is 55.4 Å². The summed E-state index contributed by atoms with van der Waals surface area (Å²) in [5.41, 5.74) is 0.359. The van der Waals surface area contributed by atoms with Gasteiger partial charge in [-0.2, -0.15) is 0 Å². The molecular formula is C16H13BrFNO3. The fourth-order valence-electron chi connectivity index (χ4n) is 1.71. The first-order valence-corrected chi connectivity index (χ1v) is 7.28. The van der Waals surface area contributed by atoms with Gasteiger partial charge >= 0.3 is 5.97 Å². The molecule has 114 valence electrons. The smallest absolute Gasteiger partial charge is 0.341 e. The summed E-state index contributed by atoms with van der Waals surface area (Å²) in [5, 5.41) is 2.61. The van der Waals surface area contributed by atoms with Crippen LogP contribution in [0.25, 0.3) is 0 Å². The van der Waals surface area contributed by atoms with E-state index >= 15 is 0 Å².